The van der Waals surface area contributed by atoms with E-state index in [1.165, 1.54) is 21.6 Å². The number of halogens is 1. The summed E-state index contributed by atoms with van der Waals surface area (Å²) in [6, 6.07) is 11.4. The van der Waals surface area contributed by atoms with E-state index in [2.05, 4.69) is 56.4 Å². The van der Waals surface area contributed by atoms with Gasteiger partial charge in [0.2, 0.25) is 0 Å². The SMILES string of the molecule is CCCNC(Cc1ccc(C)cc1)c1cc(C)c(Cl)s1. The molecule has 1 nitrogen and oxygen atoms in total. The van der Waals surface area contributed by atoms with Gasteiger partial charge in [-0.2, -0.15) is 0 Å². The highest BCUT2D eigenvalue weighted by Gasteiger charge is 2.15. The van der Waals surface area contributed by atoms with Gasteiger partial charge in [0, 0.05) is 10.9 Å². The zero-order chi connectivity index (χ0) is 14.5. The van der Waals surface area contributed by atoms with Gasteiger partial charge in [-0.15, -0.1) is 11.3 Å². The fraction of sp³-hybridized carbons (Fsp3) is 0.412. The van der Waals surface area contributed by atoms with Crippen LogP contribution in [-0.2, 0) is 6.42 Å². The molecule has 20 heavy (non-hydrogen) atoms. The van der Waals surface area contributed by atoms with Gasteiger partial charge in [0.15, 0.2) is 0 Å². The van der Waals surface area contributed by atoms with Gasteiger partial charge in [-0.3, -0.25) is 0 Å². The summed E-state index contributed by atoms with van der Waals surface area (Å²) < 4.78 is 0.909. The van der Waals surface area contributed by atoms with E-state index in [1.807, 2.05) is 0 Å². The summed E-state index contributed by atoms with van der Waals surface area (Å²) in [7, 11) is 0. The van der Waals surface area contributed by atoms with Crippen LogP contribution in [0.2, 0.25) is 4.34 Å². The first-order valence-electron chi connectivity index (χ1n) is 7.15. The van der Waals surface area contributed by atoms with Crippen molar-refractivity contribution in [3.63, 3.8) is 0 Å². The zero-order valence-corrected chi connectivity index (χ0v) is 13.9. The molecule has 2 aromatic rings. The summed E-state index contributed by atoms with van der Waals surface area (Å²) in [6.07, 6.45) is 2.15. The minimum Gasteiger partial charge on any atom is -0.309 e. The Kier molecular flexibility index (Phi) is 5.64. The van der Waals surface area contributed by atoms with E-state index in [1.54, 1.807) is 11.3 Å². The molecular weight excluding hydrogens is 286 g/mol. The molecular formula is C17H22ClNS. The molecule has 0 spiro atoms. The van der Waals surface area contributed by atoms with E-state index in [0.29, 0.717) is 6.04 Å². The number of benzene rings is 1. The first-order valence-corrected chi connectivity index (χ1v) is 8.34. The molecule has 1 aromatic heterocycles. The highest BCUT2D eigenvalue weighted by molar-refractivity contribution is 7.16. The van der Waals surface area contributed by atoms with Crippen molar-refractivity contribution in [2.45, 2.75) is 39.7 Å². The summed E-state index contributed by atoms with van der Waals surface area (Å²) in [5.41, 5.74) is 3.85. The molecule has 3 heteroatoms. The van der Waals surface area contributed by atoms with E-state index in [9.17, 15) is 0 Å². The van der Waals surface area contributed by atoms with Crippen molar-refractivity contribution in [3.8, 4) is 0 Å². The normalized spacial score (nSPS) is 12.6. The molecule has 108 valence electrons. The van der Waals surface area contributed by atoms with Crippen LogP contribution in [0.1, 0.15) is 41.0 Å². The fourth-order valence-electron chi connectivity index (χ4n) is 2.21. The quantitative estimate of drug-likeness (QED) is 0.763. The number of rotatable bonds is 6. The van der Waals surface area contributed by atoms with Crippen LogP contribution in [0, 0.1) is 13.8 Å². The molecule has 1 unspecified atom stereocenters. The molecule has 1 aromatic carbocycles. The van der Waals surface area contributed by atoms with E-state index >= 15 is 0 Å². The molecule has 1 N–H and O–H groups in total. The van der Waals surface area contributed by atoms with Crippen molar-refractivity contribution < 1.29 is 0 Å². The van der Waals surface area contributed by atoms with Crippen molar-refractivity contribution >= 4 is 22.9 Å². The van der Waals surface area contributed by atoms with E-state index in [-0.39, 0.29) is 0 Å². The fourth-order valence-corrected chi connectivity index (χ4v) is 3.50. The monoisotopic (exact) mass is 307 g/mol. The summed E-state index contributed by atoms with van der Waals surface area (Å²) in [4.78, 5) is 1.33. The second-order valence-corrected chi connectivity index (χ2v) is 6.99. The minimum atomic E-state index is 0.355. The van der Waals surface area contributed by atoms with Crippen molar-refractivity contribution in [2.24, 2.45) is 0 Å². The van der Waals surface area contributed by atoms with E-state index < -0.39 is 0 Å². The second kappa shape index (κ2) is 7.26. The Morgan fingerprint density at radius 3 is 2.45 bits per heavy atom. The number of aryl methyl sites for hydroxylation is 2. The summed E-state index contributed by atoms with van der Waals surface area (Å²) >= 11 is 7.92. The third kappa shape index (κ3) is 4.08. The smallest absolute Gasteiger partial charge is 0.0960 e. The maximum atomic E-state index is 6.22. The van der Waals surface area contributed by atoms with Gasteiger partial charge in [-0.05, 0) is 50.4 Å². The molecule has 0 aliphatic carbocycles. The molecule has 2 rings (SSSR count). The Hall–Kier alpha value is -0.830. The molecule has 0 aliphatic heterocycles. The van der Waals surface area contributed by atoms with Crippen molar-refractivity contribution in [3.05, 3.63) is 56.2 Å². The van der Waals surface area contributed by atoms with Gasteiger partial charge in [-0.1, -0.05) is 48.4 Å². The second-order valence-electron chi connectivity index (χ2n) is 5.30. The molecule has 0 bridgehead atoms. The van der Waals surface area contributed by atoms with Gasteiger partial charge in [-0.25, -0.2) is 0 Å². The van der Waals surface area contributed by atoms with E-state index in [4.69, 9.17) is 11.6 Å². The molecule has 0 saturated heterocycles. The summed E-state index contributed by atoms with van der Waals surface area (Å²) in [5, 5.41) is 3.64. The molecule has 0 fully saturated rings. The molecule has 0 amide bonds. The summed E-state index contributed by atoms with van der Waals surface area (Å²) in [5.74, 6) is 0. The van der Waals surface area contributed by atoms with Crippen LogP contribution in [0.25, 0.3) is 0 Å². The van der Waals surface area contributed by atoms with Gasteiger partial charge in [0.1, 0.15) is 0 Å². The van der Waals surface area contributed by atoms with Crippen LogP contribution in [-0.4, -0.2) is 6.54 Å². The van der Waals surface area contributed by atoms with Gasteiger partial charge in [0.25, 0.3) is 0 Å². The Morgan fingerprint density at radius 2 is 1.90 bits per heavy atom. The Morgan fingerprint density at radius 1 is 1.20 bits per heavy atom. The van der Waals surface area contributed by atoms with Gasteiger partial charge in [0.05, 0.1) is 4.34 Å². The lowest BCUT2D eigenvalue weighted by atomic mass is 10.0. The Bertz CT molecular complexity index is 525. The third-order valence-electron chi connectivity index (χ3n) is 3.42. The van der Waals surface area contributed by atoms with Gasteiger partial charge >= 0.3 is 0 Å². The first-order chi connectivity index (χ1) is 9.60. The largest absolute Gasteiger partial charge is 0.309 e. The Labute approximate surface area is 131 Å². The maximum absolute atomic E-state index is 6.22. The highest BCUT2D eigenvalue weighted by atomic mass is 35.5. The average Bonchev–Trinajstić information content (AvgIpc) is 2.77. The number of hydrogen-bond acceptors (Lipinski definition) is 2. The third-order valence-corrected chi connectivity index (χ3v) is 5.09. The predicted molar refractivity (Wildman–Crippen MR) is 90.0 cm³/mol. The zero-order valence-electron chi connectivity index (χ0n) is 12.4. The molecule has 1 atom stereocenters. The van der Waals surface area contributed by atoms with Crippen LogP contribution in [0.15, 0.2) is 30.3 Å². The van der Waals surface area contributed by atoms with Crippen LogP contribution in [0.5, 0.6) is 0 Å². The van der Waals surface area contributed by atoms with Crippen LogP contribution < -0.4 is 5.32 Å². The average molecular weight is 308 g/mol. The topological polar surface area (TPSA) is 12.0 Å². The van der Waals surface area contributed by atoms with Crippen molar-refractivity contribution in [1.82, 2.24) is 5.32 Å². The molecule has 1 heterocycles. The lowest BCUT2D eigenvalue weighted by Gasteiger charge is -2.17. The molecule has 0 aliphatic rings. The first kappa shape index (κ1) is 15.6. The number of thiophene rings is 1. The number of nitrogens with one attached hydrogen (secondary N) is 1. The standard InChI is InChI=1S/C17H22ClNS/c1-4-9-19-15(16-10-13(3)17(18)20-16)11-14-7-5-12(2)6-8-14/h5-8,10,15,19H,4,9,11H2,1-3H3. The highest BCUT2D eigenvalue weighted by Crippen LogP contribution is 2.32. The lowest BCUT2D eigenvalue weighted by molar-refractivity contribution is 0.536. The minimum absolute atomic E-state index is 0.355. The van der Waals surface area contributed by atoms with Gasteiger partial charge < -0.3 is 5.32 Å². The van der Waals surface area contributed by atoms with Crippen LogP contribution in [0.3, 0.4) is 0 Å². The van der Waals surface area contributed by atoms with Crippen LogP contribution in [0.4, 0.5) is 0 Å². The molecule has 0 saturated carbocycles. The van der Waals surface area contributed by atoms with Crippen molar-refractivity contribution in [2.75, 3.05) is 6.54 Å². The van der Waals surface area contributed by atoms with E-state index in [0.717, 1.165) is 23.7 Å². The Balaban J connectivity index is 2.16. The van der Waals surface area contributed by atoms with Crippen LogP contribution >= 0.6 is 22.9 Å². The summed E-state index contributed by atoms with van der Waals surface area (Å²) in [6.45, 7) is 7.43. The lowest BCUT2D eigenvalue weighted by Crippen LogP contribution is -2.23. The number of hydrogen-bond donors (Lipinski definition) is 1. The van der Waals surface area contributed by atoms with Crippen molar-refractivity contribution in [1.29, 1.82) is 0 Å². The maximum Gasteiger partial charge on any atom is 0.0960 e. The predicted octanol–water partition coefficient (Wildman–Crippen LogP) is 5.30. The molecule has 0 radical (unpaired) electrons.